The standard InChI is InChI=1S/C16H19N2O2P/c1-2-13-17-16(19)18-21(20,14-9-5-3-6-10-14)15-11-7-4-8-12-15/h3-12H,2,13H2,1H3,(H2,17,18,19,20). The molecule has 21 heavy (non-hydrogen) atoms. The Hall–Kier alpha value is -2.06. The van der Waals surface area contributed by atoms with Crippen molar-refractivity contribution in [2.45, 2.75) is 13.3 Å². The highest BCUT2D eigenvalue weighted by Crippen LogP contribution is 2.38. The summed E-state index contributed by atoms with van der Waals surface area (Å²) in [6.07, 6.45) is 0.828. The van der Waals surface area contributed by atoms with E-state index in [-0.39, 0.29) is 0 Å². The summed E-state index contributed by atoms with van der Waals surface area (Å²) in [5, 5.41) is 6.60. The molecule has 5 heteroatoms. The summed E-state index contributed by atoms with van der Waals surface area (Å²) in [5.74, 6) is 0. The van der Waals surface area contributed by atoms with Gasteiger partial charge < -0.3 is 5.32 Å². The fraction of sp³-hybridized carbons (Fsp3) is 0.188. The van der Waals surface area contributed by atoms with E-state index >= 15 is 0 Å². The van der Waals surface area contributed by atoms with Crippen LogP contribution in [0.15, 0.2) is 60.7 Å². The third-order valence-corrected chi connectivity index (χ3v) is 5.60. The molecule has 0 aliphatic carbocycles. The molecule has 2 amide bonds. The van der Waals surface area contributed by atoms with Crippen LogP contribution in [0.25, 0.3) is 0 Å². The minimum absolute atomic E-state index is 0.409. The Morgan fingerprint density at radius 2 is 1.43 bits per heavy atom. The zero-order chi connectivity index (χ0) is 15.1. The van der Waals surface area contributed by atoms with E-state index in [1.54, 1.807) is 24.3 Å². The topological polar surface area (TPSA) is 58.2 Å². The Bertz CT molecular complexity index is 586. The van der Waals surface area contributed by atoms with Crippen molar-refractivity contribution in [1.29, 1.82) is 0 Å². The van der Waals surface area contributed by atoms with Gasteiger partial charge in [0.25, 0.3) is 0 Å². The third-order valence-electron chi connectivity index (χ3n) is 3.03. The molecule has 0 bridgehead atoms. The Morgan fingerprint density at radius 1 is 0.952 bits per heavy atom. The summed E-state index contributed by atoms with van der Waals surface area (Å²) in [5.41, 5.74) is 0. The van der Waals surface area contributed by atoms with Crippen LogP contribution in [0.3, 0.4) is 0 Å². The van der Waals surface area contributed by atoms with Gasteiger partial charge >= 0.3 is 6.03 Å². The van der Waals surface area contributed by atoms with Crippen LogP contribution < -0.4 is 21.0 Å². The van der Waals surface area contributed by atoms with Crippen molar-refractivity contribution in [3.63, 3.8) is 0 Å². The lowest BCUT2D eigenvalue weighted by Crippen LogP contribution is -2.39. The molecule has 0 aliphatic rings. The summed E-state index contributed by atoms with van der Waals surface area (Å²) in [4.78, 5) is 12.0. The number of urea groups is 1. The number of nitrogens with one attached hydrogen (secondary N) is 2. The number of rotatable bonds is 5. The summed E-state index contributed by atoms with van der Waals surface area (Å²) in [7, 11) is -3.18. The minimum Gasteiger partial charge on any atom is -0.338 e. The summed E-state index contributed by atoms with van der Waals surface area (Å²) >= 11 is 0. The molecule has 2 N–H and O–H groups in total. The van der Waals surface area contributed by atoms with Gasteiger partial charge in [-0.3, -0.25) is 9.65 Å². The normalized spacial score (nSPS) is 10.9. The van der Waals surface area contributed by atoms with Gasteiger partial charge in [0.1, 0.15) is 0 Å². The van der Waals surface area contributed by atoms with Crippen LogP contribution in [0.5, 0.6) is 0 Å². The van der Waals surface area contributed by atoms with Crippen LogP contribution in [0.4, 0.5) is 4.79 Å². The molecule has 0 radical (unpaired) electrons. The Labute approximate surface area is 125 Å². The molecule has 0 unspecified atom stereocenters. The molecule has 0 saturated carbocycles. The first kappa shape index (κ1) is 15.3. The quantitative estimate of drug-likeness (QED) is 0.834. The van der Waals surface area contributed by atoms with Gasteiger partial charge in [-0.15, -0.1) is 0 Å². The number of hydrogen-bond donors (Lipinski definition) is 2. The maximum atomic E-state index is 13.4. The maximum absolute atomic E-state index is 13.4. The van der Waals surface area contributed by atoms with Crippen LogP contribution in [-0.2, 0) is 4.57 Å². The predicted octanol–water partition coefficient (Wildman–Crippen LogP) is 2.62. The SMILES string of the molecule is CCCNC(=O)NP(=O)(c1ccccc1)c1ccccc1. The van der Waals surface area contributed by atoms with E-state index < -0.39 is 13.3 Å². The van der Waals surface area contributed by atoms with Crippen LogP contribution in [0.2, 0.25) is 0 Å². The number of hydrogen-bond acceptors (Lipinski definition) is 2. The molecule has 2 aromatic rings. The van der Waals surface area contributed by atoms with Crippen molar-refractivity contribution < 1.29 is 9.36 Å². The molecule has 0 aromatic heterocycles. The molecule has 110 valence electrons. The largest absolute Gasteiger partial charge is 0.338 e. The zero-order valence-electron chi connectivity index (χ0n) is 12.0. The Balaban J connectivity index is 2.36. The van der Waals surface area contributed by atoms with Gasteiger partial charge in [0.2, 0.25) is 7.29 Å². The van der Waals surface area contributed by atoms with Gasteiger partial charge in [0, 0.05) is 17.2 Å². The lowest BCUT2D eigenvalue weighted by atomic mass is 10.4. The van der Waals surface area contributed by atoms with E-state index in [1.165, 1.54) is 0 Å². The van der Waals surface area contributed by atoms with Crippen LogP contribution in [0.1, 0.15) is 13.3 Å². The second-order valence-electron chi connectivity index (χ2n) is 4.65. The van der Waals surface area contributed by atoms with Crippen LogP contribution in [-0.4, -0.2) is 12.6 Å². The van der Waals surface area contributed by atoms with Gasteiger partial charge in [-0.1, -0.05) is 43.3 Å². The smallest absolute Gasteiger partial charge is 0.320 e. The first-order valence-electron chi connectivity index (χ1n) is 6.94. The monoisotopic (exact) mass is 302 g/mol. The van der Waals surface area contributed by atoms with Crippen molar-refractivity contribution in [2.75, 3.05) is 6.54 Å². The van der Waals surface area contributed by atoms with E-state index in [2.05, 4.69) is 10.4 Å². The van der Waals surface area contributed by atoms with E-state index in [0.717, 1.165) is 6.42 Å². The van der Waals surface area contributed by atoms with Crippen LogP contribution in [0, 0.1) is 0 Å². The highest BCUT2D eigenvalue weighted by Gasteiger charge is 2.28. The first-order valence-corrected chi connectivity index (χ1v) is 8.65. The second kappa shape index (κ2) is 7.09. The average molecular weight is 302 g/mol. The van der Waals surface area contributed by atoms with E-state index in [4.69, 9.17) is 0 Å². The fourth-order valence-corrected chi connectivity index (χ4v) is 4.08. The number of carbonyl (C=O) groups excluding carboxylic acids is 1. The molecule has 0 heterocycles. The van der Waals surface area contributed by atoms with E-state index in [9.17, 15) is 9.36 Å². The molecule has 0 spiro atoms. The molecular weight excluding hydrogens is 283 g/mol. The minimum atomic E-state index is -3.18. The van der Waals surface area contributed by atoms with Crippen molar-refractivity contribution in [3.05, 3.63) is 60.7 Å². The lowest BCUT2D eigenvalue weighted by Gasteiger charge is -2.20. The van der Waals surface area contributed by atoms with Gasteiger partial charge in [-0.2, -0.15) is 0 Å². The molecule has 2 aromatic carbocycles. The van der Waals surface area contributed by atoms with Gasteiger partial charge in [-0.25, -0.2) is 4.79 Å². The van der Waals surface area contributed by atoms with Crippen molar-refractivity contribution >= 4 is 23.9 Å². The van der Waals surface area contributed by atoms with E-state index in [0.29, 0.717) is 17.2 Å². The lowest BCUT2D eigenvalue weighted by molar-refractivity contribution is 0.246. The highest BCUT2D eigenvalue weighted by atomic mass is 31.2. The maximum Gasteiger partial charge on any atom is 0.320 e. The highest BCUT2D eigenvalue weighted by molar-refractivity contribution is 7.77. The third kappa shape index (κ3) is 3.73. The summed E-state index contributed by atoms with van der Waals surface area (Å²) < 4.78 is 13.4. The van der Waals surface area contributed by atoms with Gasteiger partial charge in [-0.05, 0) is 30.7 Å². The van der Waals surface area contributed by atoms with Crippen molar-refractivity contribution in [2.24, 2.45) is 0 Å². The molecule has 0 aliphatic heterocycles. The van der Waals surface area contributed by atoms with Crippen molar-refractivity contribution in [1.82, 2.24) is 10.4 Å². The average Bonchev–Trinajstić information content (AvgIpc) is 2.54. The molecule has 2 rings (SSSR count). The first-order chi connectivity index (χ1) is 10.2. The molecular formula is C16H19N2O2P. The predicted molar refractivity (Wildman–Crippen MR) is 86.6 cm³/mol. The van der Waals surface area contributed by atoms with Gasteiger partial charge in [0.05, 0.1) is 0 Å². The molecule has 0 saturated heterocycles. The Kier molecular flexibility index (Phi) is 5.18. The van der Waals surface area contributed by atoms with Gasteiger partial charge in [0.15, 0.2) is 0 Å². The molecule has 0 atom stereocenters. The van der Waals surface area contributed by atoms with E-state index in [1.807, 2.05) is 43.3 Å². The number of amides is 2. The Morgan fingerprint density at radius 3 is 1.86 bits per heavy atom. The number of carbonyl (C=O) groups is 1. The number of benzene rings is 2. The zero-order valence-corrected chi connectivity index (χ0v) is 12.8. The summed E-state index contributed by atoms with van der Waals surface area (Å²) in [6.45, 7) is 2.52. The molecule has 4 nitrogen and oxygen atoms in total. The van der Waals surface area contributed by atoms with Crippen molar-refractivity contribution in [3.8, 4) is 0 Å². The van der Waals surface area contributed by atoms with Crippen LogP contribution >= 0.6 is 7.29 Å². The molecule has 0 fully saturated rings. The summed E-state index contributed by atoms with van der Waals surface area (Å²) in [6, 6.07) is 17.7. The fourth-order valence-electron chi connectivity index (χ4n) is 1.98. The second-order valence-corrected chi connectivity index (χ2v) is 7.12.